The predicted octanol–water partition coefficient (Wildman–Crippen LogP) is 4.31. The minimum atomic E-state index is -0.622. The first-order valence-corrected chi connectivity index (χ1v) is 9.42. The van der Waals surface area contributed by atoms with Gasteiger partial charge in [0.15, 0.2) is 0 Å². The fraction of sp³-hybridized carbons (Fsp3) is 0.300. The molecule has 0 bridgehead atoms. The largest absolute Gasteiger partial charge is 0.366 e. The van der Waals surface area contributed by atoms with Gasteiger partial charge in [0.05, 0.1) is 5.02 Å². The van der Waals surface area contributed by atoms with Crippen molar-refractivity contribution in [3.63, 3.8) is 0 Å². The molecule has 1 amide bonds. The highest BCUT2D eigenvalue weighted by atomic mass is 35.5. The van der Waals surface area contributed by atoms with E-state index in [1.807, 2.05) is 6.07 Å². The molecule has 1 aromatic heterocycles. The number of carbonyl (C=O) groups excluding carboxylic acids is 1. The highest BCUT2D eigenvalue weighted by Gasteiger charge is 2.20. The van der Waals surface area contributed by atoms with E-state index in [1.165, 1.54) is 23.7 Å². The number of nitrogens with zero attached hydrogens (tertiary/aromatic N) is 2. The van der Waals surface area contributed by atoms with E-state index in [0.717, 1.165) is 38.0 Å². The van der Waals surface area contributed by atoms with E-state index in [9.17, 15) is 9.18 Å². The summed E-state index contributed by atoms with van der Waals surface area (Å²) >= 11 is 6.29. The summed E-state index contributed by atoms with van der Waals surface area (Å²) in [6, 6.07) is 8.68. The van der Waals surface area contributed by atoms with E-state index in [-0.39, 0.29) is 36.7 Å². The molecule has 1 aliphatic rings. The van der Waals surface area contributed by atoms with Crippen molar-refractivity contribution in [3.05, 3.63) is 64.6 Å². The van der Waals surface area contributed by atoms with Gasteiger partial charge in [0.2, 0.25) is 0 Å². The Bertz CT molecular complexity index is 862. The minimum Gasteiger partial charge on any atom is -0.366 e. The van der Waals surface area contributed by atoms with Crippen molar-refractivity contribution in [1.82, 2.24) is 15.4 Å². The molecule has 1 fully saturated rings. The maximum atomic E-state index is 13.3. The standard InChI is InChI=1S/C20H22ClFN4O2.2ClH/c21-18-11-14(4-5-19(27)25-28)12-23-20(18)24-17-6-8-26(9-7-17)13-15-2-1-3-16(22)10-15;;/h1-5,10-12,17,28H,6-9,13H2,(H,23,24)(H,25,27);2*1H. The van der Waals surface area contributed by atoms with Crippen molar-refractivity contribution < 1.29 is 14.4 Å². The smallest absolute Gasteiger partial charge is 0.267 e. The third kappa shape index (κ3) is 7.74. The first-order valence-electron chi connectivity index (χ1n) is 9.04. The van der Waals surface area contributed by atoms with Gasteiger partial charge in [0, 0.05) is 37.9 Å². The van der Waals surface area contributed by atoms with Crippen LogP contribution in [0, 0.1) is 5.82 Å². The van der Waals surface area contributed by atoms with E-state index in [4.69, 9.17) is 16.8 Å². The molecule has 0 spiro atoms. The van der Waals surface area contributed by atoms with Gasteiger partial charge >= 0.3 is 0 Å². The van der Waals surface area contributed by atoms with Crippen LogP contribution in [0.2, 0.25) is 5.02 Å². The average Bonchev–Trinajstić information content (AvgIpc) is 2.69. The molecule has 10 heteroatoms. The molecular weight excluding hydrogens is 454 g/mol. The Hall–Kier alpha value is -1.90. The van der Waals surface area contributed by atoms with Gasteiger partial charge in [-0.1, -0.05) is 23.7 Å². The summed E-state index contributed by atoms with van der Waals surface area (Å²) in [5.74, 6) is -0.220. The van der Waals surface area contributed by atoms with Crippen LogP contribution in [-0.4, -0.2) is 40.1 Å². The number of amides is 1. The predicted molar refractivity (Wildman–Crippen MR) is 121 cm³/mol. The molecule has 0 unspecified atom stereocenters. The molecule has 0 radical (unpaired) electrons. The topological polar surface area (TPSA) is 77.5 Å². The lowest BCUT2D eigenvalue weighted by Crippen LogP contribution is -2.38. The molecule has 3 rings (SSSR count). The third-order valence-corrected chi connectivity index (χ3v) is 4.91. The van der Waals surface area contributed by atoms with Gasteiger partial charge in [0.1, 0.15) is 11.6 Å². The van der Waals surface area contributed by atoms with Crippen LogP contribution < -0.4 is 10.8 Å². The summed E-state index contributed by atoms with van der Waals surface area (Å²) in [6.45, 7) is 2.55. The molecule has 1 aliphatic heterocycles. The second-order valence-electron chi connectivity index (χ2n) is 6.73. The number of aromatic nitrogens is 1. The van der Waals surface area contributed by atoms with Gasteiger partial charge in [-0.3, -0.25) is 14.9 Å². The Morgan fingerprint density at radius 3 is 2.67 bits per heavy atom. The van der Waals surface area contributed by atoms with E-state index in [2.05, 4.69) is 15.2 Å². The molecule has 6 nitrogen and oxygen atoms in total. The maximum Gasteiger partial charge on any atom is 0.267 e. The van der Waals surface area contributed by atoms with Crippen LogP contribution in [0.3, 0.4) is 0 Å². The number of benzene rings is 1. The summed E-state index contributed by atoms with van der Waals surface area (Å²) in [4.78, 5) is 17.7. The average molecular weight is 478 g/mol. The number of halogens is 4. The van der Waals surface area contributed by atoms with E-state index >= 15 is 0 Å². The first-order chi connectivity index (χ1) is 13.5. The molecule has 2 heterocycles. The Kier molecular flexibility index (Phi) is 11.1. The van der Waals surface area contributed by atoms with Crippen LogP contribution in [0.1, 0.15) is 24.0 Å². The van der Waals surface area contributed by atoms with E-state index in [0.29, 0.717) is 16.4 Å². The second-order valence-corrected chi connectivity index (χ2v) is 7.14. The third-order valence-electron chi connectivity index (χ3n) is 4.62. The van der Waals surface area contributed by atoms with Crippen molar-refractivity contribution in [2.24, 2.45) is 0 Å². The number of hydrogen-bond donors (Lipinski definition) is 3. The lowest BCUT2D eigenvalue weighted by atomic mass is 10.0. The monoisotopic (exact) mass is 476 g/mol. The van der Waals surface area contributed by atoms with Crippen LogP contribution >= 0.6 is 36.4 Å². The number of hydrogen-bond acceptors (Lipinski definition) is 5. The summed E-state index contributed by atoms with van der Waals surface area (Å²) < 4.78 is 13.3. The lowest BCUT2D eigenvalue weighted by Gasteiger charge is -2.32. The Labute approximate surface area is 192 Å². The zero-order chi connectivity index (χ0) is 19.9. The SMILES string of the molecule is Cl.Cl.O=C(C=Cc1cnc(NC2CCN(Cc3cccc(F)c3)CC2)c(Cl)c1)NO. The Morgan fingerprint density at radius 2 is 2.03 bits per heavy atom. The number of hydroxylamine groups is 1. The molecule has 3 N–H and O–H groups in total. The molecular formula is C20H24Cl3FN4O2. The van der Waals surface area contributed by atoms with E-state index in [1.54, 1.807) is 24.4 Å². The van der Waals surface area contributed by atoms with Crippen LogP contribution in [0.4, 0.5) is 10.2 Å². The molecule has 30 heavy (non-hydrogen) atoms. The van der Waals surface area contributed by atoms with Gasteiger partial charge in [-0.2, -0.15) is 0 Å². The fourth-order valence-corrected chi connectivity index (χ4v) is 3.41. The van der Waals surface area contributed by atoms with Gasteiger partial charge in [-0.05, 0) is 48.2 Å². The van der Waals surface area contributed by atoms with Crippen LogP contribution in [0.25, 0.3) is 6.08 Å². The molecule has 2 aromatic rings. The van der Waals surface area contributed by atoms with Crippen LogP contribution in [0.5, 0.6) is 0 Å². The number of piperidine rings is 1. The molecule has 0 aliphatic carbocycles. The maximum absolute atomic E-state index is 13.3. The summed E-state index contributed by atoms with van der Waals surface area (Å²) in [5, 5.41) is 12.3. The van der Waals surface area contributed by atoms with Crippen LogP contribution in [0.15, 0.2) is 42.6 Å². The second kappa shape index (κ2) is 12.7. The number of nitrogens with one attached hydrogen (secondary N) is 2. The number of pyridine rings is 1. The van der Waals surface area contributed by atoms with E-state index < -0.39 is 5.91 Å². The van der Waals surface area contributed by atoms with Crippen molar-refractivity contribution >= 4 is 54.2 Å². The summed E-state index contributed by atoms with van der Waals surface area (Å²) in [7, 11) is 0. The normalized spacial score (nSPS) is 14.6. The van der Waals surface area contributed by atoms with Gasteiger partial charge in [-0.25, -0.2) is 14.9 Å². The number of carbonyl (C=O) groups is 1. The minimum absolute atomic E-state index is 0. The van der Waals surface area contributed by atoms with Gasteiger partial charge in [0.25, 0.3) is 5.91 Å². The number of likely N-dealkylation sites (tertiary alicyclic amines) is 1. The molecule has 1 aromatic carbocycles. The number of anilines is 1. The molecule has 0 saturated carbocycles. The van der Waals surface area contributed by atoms with Gasteiger partial charge in [-0.15, -0.1) is 24.8 Å². The fourth-order valence-electron chi connectivity index (χ4n) is 3.18. The molecule has 1 saturated heterocycles. The summed E-state index contributed by atoms with van der Waals surface area (Å²) in [5.41, 5.74) is 3.16. The van der Waals surface area contributed by atoms with Crippen molar-refractivity contribution in [3.8, 4) is 0 Å². The van der Waals surface area contributed by atoms with Crippen LogP contribution in [-0.2, 0) is 11.3 Å². The highest BCUT2D eigenvalue weighted by Crippen LogP contribution is 2.24. The van der Waals surface area contributed by atoms with Crippen molar-refractivity contribution in [1.29, 1.82) is 0 Å². The number of rotatable bonds is 6. The first kappa shape index (κ1) is 26.1. The zero-order valence-corrected chi connectivity index (χ0v) is 18.4. The highest BCUT2D eigenvalue weighted by molar-refractivity contribution is 6.33. The van der Waals surface area contributed by atoms with Gasteiger partial charge < -0.3 is 5.32 Å². The Morgan fingerprint density at radius 1 is 1.30 bits per heavy atom. The summed E-state index contributed by atoms with van der Waals surface area (Å²) in [6.07, 6.45) is 6.18. The van der Waals surface area contributed by atoms with Crippen molar-refractivity contribution in [2.75, 3.05) is 18.4 Å². The molecule has 164 valence electrons. The lowest BCUT2D eigenvalue weighted by molar-refractivity contribution is -0.124. The quantitative estimate of drug-likeness (QED) is 0.328. The molecule has 0 atom stereocenters. The Balaban J connectivity index is 0.00000225. The van der Waals surface area contributed by atoms with Crippen molar-refractivity contribution in [2.45, 2.75) is 25.4 Å². The zero-order valence-electron chi connectivity index (χ0n) is 16.1.